The van der Waals surface area contributed by atoms with E-state index in [2.05, 4.69) is 5.43 Å². The predicted molar refractivity (Wildman–Crippen MR) is 70.3 cm³/mol. The first-order valence-electron chi connectivity index (χ1n) is 5.82. The molecule has 4 heteroatoms. The predicted octanol–water partition coefficient (Wildman–Crippen LogP) is 2.46. The van der Waals surface area contributed by atoms with Crippen LogP contribution >= 0.6 is 0 Å². The number of hydrogen-bond donors (Lipinski definition) is 2. The van der Waals surface area contributed by atoms with E-state index in [4.69, 9.17) is 15.0 Å². The molecular formula is C14H18N2O2. The Bertz CT molecular complexity index is 534. The summed E-state index contributed by atoms with van der Waals surface area (Å²) in [4.78, 5) is 0. The van der Waals surface area contributed by atoms with Gasteiger partial charge in [-0.1, -0.05) is 17.7 Å². The number of nitrogens with two attached hydrogens (primary N) is 1. The lowest BCUT2D eigenvalue weighted by molar-refractivity contribution is 0.393. The van der Waals surface area contributed by atoms with Crippen LogP contribution in [0.3, 0.4) is 0 Å². The van der Waals surface area contributed by atoms with Crippen LogP contribution in [0.5, 0.6) is 5.75 Å². The Kier molecular flexibility index (Phi) is 3.69. The van der Waals surface area contributed by atoms with Gasteiger partial charge in [0.25, 0.3) is 0 Å². The minimum Gasteiger partial charge on any atom is -0.496 e. The number of hydrazine groups is 1. The maximum absolute atomic E-state index is 5.67. The van der Waals surface area contributed by atoms with Gasteiger partial charge >= 0.3 is 0 Å². The minimum atomic E-state index is -0.213. The molecular weight excluding hydrogens is 228 g/mol. The molecule has 0 fully saturated rings. The summed E-state index contributed by atoms with van der Waals surface area (Å²) in [6.07, 6.45) is 1.66. The molecule has 1 atom stereocenters. The van der Waals surface area contributed by atoms with Crippen LogP contribution in [0.25, 0.3) is 0 Å². The van der Waals surface area contributed by atoms with Gasteiger partial charge in [0.05, 0.1) is 13.4 Å². The van der Waals surface area contributed by atoms with Crippen molar-refractivity contribution < 1.29 is 9.15 Å². The van der Waals surface area contributed by atoms with Crippen molar-refractivity contribution >= 4 is 0 Å². The summed E-state index contributed by atoms with van der Waals surface area (Å²) in [5.41, 5.74) is 5.97. The van der Waals surface area contributed by atoms with Crippen LogP contribution in [0.4, 0.5) is 0 Å². The summed E-state index contributed by atoms with van der Waals surface area (Å²) >= 11 is 0. The van der Waals surface area contributed by atoms with Gasteiger partial charge in [-0.15, -0.1) is 0 Å². The number of methoxy groups -OCH3 is 1. The average molecular weight is 246 g/mol. The topological polar surface area (TPSA) is 60.4 Å². The quantitative estimate of drug-likeness (QED) is 0.642. The lowest BCUT2D eigenvalue weighted by Gasteiger charge is -2.18. The summed E-state index contributed by atoms with van der Waals surface area (Å²) < 4.78 is 10.9. The zero-order chi connectivity index (χ0) is 13.1. The number of nitrogens with one attached hydrogen (secondary N) is 1. The molecule has 0 saturated carbocycles. The molecule has 0 amide bonds. The van der Waals surface area contributed by atoms with Crippen LogP contribution in [0.2, 0.25) is 0 Å². The normalized spacial score (nSPS) is 12.4. The van der Waals surface area contributed by atoms with Crippen molar-refractivity contribution in [2.24, 2.45) is 5.84 Å². The molecule has 1 heterocycles. The highest BCUT2D eigenvalue weighted by Crippen LogP contribution is 2.32. The molecule has 18 heavy (non-hydrogen) atoms. The number of ether oxygens (including phenoxy) is 1. The fourth-order valence-corrected chi connectivity index (χ4v) is 2.07. The molecule has 0 spiro atoms. The Morgan fingerprint density at radius 2 is 2.06 bits per heavy atom. The first-order chi connectivity index (χ1) is 8.67. The fraction of sp³-hybridized carbons (Fsp3) is 0.286. The van der Waals surface area contributed by atoms with Crippen LogP contribution in [0.1, 0.15) is 28.5 Å². The summed E-state index contributed by atoms with van der Waals surface area (Å²) in [6.45, 7) is 4.02. The smallest absolute Gasteiger partial charge is 0.129 e. The molecule has 0 radical (unpaired) electrons. The molecule has 0 aliphatic carbocycles. The Balaban J connectivity index is 2.51. The maximum Gasteiger partial charge on any atom is 0.129 e. The van der Waals surface area contributed by atoms with Crippen LogP contribution in [-0.4, -0.2) is 7.11 Å². The van der Waals surface area contributed by atoms with E-state index < -0.39 is 0 Å². The monoisotopic (exact) mass is 246 g/mol. The summed E-state index contributed by atoms with van der Waals surface area (Å²) in [5, 5.41) is 0. The summed E-state index contributed by atoms with van der Waals surface area (Å²) in [7, 11) is 1.65. The molecule has 0 saturated heterocycles. The minimum absolute atomic E-state index is 0.213. The standard InChI is InChI=1S/C14H18N2O2/c1-9-4-5-12(17-3)11(8-9)13(16-15)14-10(2)6-7-18-14/h4-8,13,16H,15H2,1-3H3. The van der Waals surface area contributed by atoms with Crippen molar-refractivity contribution in [3.63, 3.8) is 0 Å². The first-order valence-corrected chi connectivity index (χ1v) is 5.82. The Morgan fingerprint density at radius 1 is 1.28 bits per heavy atom. The highest BCUT2D eigenvalue weighted by molar-refractivity contribution is 5.43. The lowest BCUT2D eigenvalue weighted by Crippen LogP contribution is -2.29. The molecule has 3 N–H and O–H groups in total. The van der Waals surface area contributed by atoms with Gasteiger partial charge in [0, 0.05) is 5.56 Å². The van der Waals surface area contributed by atoms with Crippen molar-refractivity contribution in [2.75, 3.05) is 7.11 Å². The van der Waals surface area contributed by atoms with Gasteiger partial charge < -0.3 is 9.15 Å². The SMILES string of the molecule is COc1ccc(C)cc1C(NN)c1occc1C. The average Bonchev–Trinajstić information content (AvgIpc) is 2.77. The summed E-state index contributed by atoms with van der Waals surface area (Å²) in [6, 6.07) is 7.70. The highest BCUT2D eigenvalue weighted by atomic mass is 16.5. The second kappa shape index (κ2) is 5.25. The van der Waals surface area contributed by atoms with E-state index in [-0.39, 0.29) is 6.04 Å². The number of aryl methyl sites for hydroxylation is 2. The van der Waals surface area contributed by atoms with Gasteiger partial charge in [-0.05, 0) is 31.5 Å². The molecule has 0 bridgehead atoms. The van der Waals surface area contributed by atoms with Gasteiger partial charge in [-0.25, -0.2) is 5.43 Å². The molecule has 2 rings (SSSR count). The third-order valence-corrected chi connectivity index (χ3v) is 3.03. The van der Waals surface area contributed by atoms with Crippen molar-refractivity contribution in [1.29, 1.82) is 0 Å². The second-order valence-corrected chi connectivity index (χ2v) is 4.31. The van der Waals surface area contributed by atoms with Crippen LogP contribution in [0, 0.1) is 13.8 Å². The van der Waals surface area contributed by atoms with Crippen molar-refractivity contribution in [1.82, 2.24) is 5.43 Å². The summed E-state index contributed by atoms with van der Waals surface area (Å²) in [5.74, 6) is 7.27. The van der Waals surface area contributed by atoms with Crippen LogP contribution in [-0.2, 0) is 0 Å². The Morgan fingerprint density at radius 3 is 2.61 bits per heavy atom. The number of rotatable bonds is 4. The van der Waals surface area contributed by atoms with Crippen LogP contribution in [0.15, 0.2) is 34.9 Å². The van der Waals surface area contributed by atoms with E-state index in [1.165, 1.54) is 0 Å². The number of benzene rings is 1. The van der Waals surface area contributed by atoms with Crippen LogP contribution < -0.4 is 16.0 Å². The van der Waals surface area contributed by atoms with E-state index in [9.17, 15) is 0 Å². The number of furan rings is 1. The lowest BCUT2D eigenvalue weighted by atomic mass is 10.00. The third kappa shape index (κ3) is 2.25. The molecule has 96 valence electrons. The Hall–Kier alpha value is -1.78. The fourth-order valence-electron chi connectivity index (χ4n) is 2.07. The first kappa shape index (κ1) is 12.7. The van der Waals surface area contributed by atoms with Gasteiger partial charge in [0.2, 0.25) is 0 Å². The molecule has 0 aliphatic rings. The molecule has 1 unspecified atom stereocenters. The molecule has 1 aromatic heterocycles. The second-order valence-electron chi connectivity index (χ2n) is 4.31. The van der Waals surface area contributed by atoms with Gasteiger partial charge in [0.1, 0.15) is 17.6 Å². The largest absolute Gasteiger partial charge is 0.496 e. The Labute approximate surface area is 107 Å². The molecule has 0 aliphatic heterocycles. The van der Waals surface area contributed by atoms with E-state index in [1.807, 2.05) is 38.1 Å². The molecule has 4 nitrogen and oxygen atoms in total. The van der Waals surface area contributed by atoms with E-state index >= 15 is 0 Å². The molecule has 2 aromatic rings. The van der Waals surface area contributed by atoms with E-state index in [0.29, 0.717) is 0 Å². The molecule has 1 aromatic carbocycles. The van der Waals surface area contributed by atoms with Gasteiger partial charge in [0.15, 0.2) is 0 Å². The van der Waals surface area contributed by atoms with Gasteiger partial charge in [-0.3, -0.25) is 5.84 Å². The number of hydrogen-bond acceptors (Lipinski definition) is 4. The van der Waals surface area contributed by atoms with E-state index in [1.54, 1.807) is 13.4 Å². The zero-order valence-corrected chi connectivity index (χ0v) is 10.9. The van der Waals surface area contributed by atoms with Crippen molar-refractivity contribution in [3.8, 4) is 5.75 Å². The highest BCUT2D eigenvalue weighted by Gasteiger charge is 2.21. The zero-order valence-electron chi connectivity index (χ0n) is 10.9. The maximum atomic E-state index is 5.67. The van der Waals surface area contributed by atoms with Crippen molar-refractivity contribution in [3.05, 3.63) is 53.0 Å². The third-order valence-electron chi connectivity index (χ3n) is 3.03. The van der Waals surface area contributed by atoms with Crippen molar-refractivity contribution in [2.45, 2.75) is 19.9 Å². The van der Waals surface area contributed by atoms with Gasteiger partial charge in [-0.2, -0.15) is 0 Å². The van der Waals surface area contributed by atoms with E-state index in [0.717, 1.165) is 28.2 Å².